The van der Waals surface area contributed by atoms with Gasteiger partial charge in [-0.25, -0.2) is 9.38 Å². The average molecular weight is 542 g/mol. The fourth-order valence-corrected chi connectivity index (χ4v) is 5.03. The van der Waals surface area contributed by atoms with Gasteiger partial charge in [0, 0.05) is 5.56 Å². The Bertz CT molecular complexity index is 1350. The van der Waals surface area contributed by atoms with Gasteiger partial charge in [-0.3, -0.25) is 24.3 Å². The van der Waals surface area contributed by atoms with Crippen molar-refractivity contribution in [3.05, 3.63) is 76.8 Å². The van der Waals surface area contributed by atoms with Gasteiger partial charge < -0.3 is 0 Å². The van der Waals surface area contributed by atoms with E-state index < -0.39 is 11.7 Å². The van der Waals surface area contributed by atoms with Gasteiger partial charge in [0.15, 0.2) is 5.17 Å². The van der Waals surface area contributed by atoms with Gasteiger partial charge >= 0.3 is 5.88 Å². The Morgan fingerprint density at radius 1 is 1.16 bits per heavy atom. The summed E-state index contributed by atoms with van der Waals surface area (Å²) in [5.74, 6) is -1.21. The lowest BCUT2D eigenvalue weighted by atomic mass is 10.1. The second-order valence-electron chi connectivity index (χ2n) is 8.37. The van der Waals surface area contributed by atoms with E-state index in [9.17, 15) is 14.0 Å². The van der Waals surface area contributed by atoms with E-state index >= 15 is 0 Å². The smallest absolute Gasteiger partial charge is 0.288 e. The summed E-state index contributed by atoms with van der Waals surface area (Å²) in [6, 6.07) is 13.2. The maximum atomic E-state index is 14.4. The number of benzene rings is 2. The molecule has 0 atom stereocenters. The maximum absolute atomic E-state index is 14.4. The Morgan fingerprint density at radius 2 is 1.95 bits per heavy atom. The molecule has 2 aliphatic rings. The second kappa shape index (κ2) is 11.1. The van der Waals surface area contributed by atoms with E-state index in [1.165, 1.54) is 35.6 Å². The molecular formula is C25H23ClFN6O3S+. The van der Waals surface area contributed by atoms with E-state index in [0.29, 0.717) is 5.69 Å². The van der Waals surface area contributed by atoms with Gasteiger partial charge in [-0.1, -0.05) is 47.6 Å². The first-order valence-corrected chi connectivity index (χ1v) is 13.1. The first kappa shape index (κ1) is 25.0. The van der Waals surface area contributed by atoms with E-state index in [2.05, 4.69) is 15.6 Å². The molecule has 1 fully saturated rings. The first-order valence-electron chi connectivity index (χ1n) is 11.7. The van der Waals surface area contributed by atoms with Crippen LogP contribution in [0.25, 0.3) is 6.08 Å². The summed E-state index contributed by atoms with van der Waals surface area (Å²) in [5, 5.41) is 9.15. The van der Waals surface area contributed by atoms with E-state index in [4.69, 9.17) is 16.1 Å². The van der Waals surface area contributed by atoms with E-state index in [1.54, 1.807) is 35.3 Å². The zero-order valence-electron chi connectivity index (χ0n) is 19.6. The number of carbonyl (C=O) groups excluding carboxylic acids is 2. The minimum atomic E-state index is -0.566. The summed E-state index contributed by atoms with van der Waals surface area (Å²) in [6.45, 7) is 1.75. The first-order chi connectivity index (χ1) is 18.0. The number of amidine groups is 1. The molecule has 5 rings (SSSR count). The van der Waals surface area contributed by atoms with Crippen LogP contribution in [0.2, 0.25) is 5.02 Å². The van der Waals surface area contributed by atoms with Crippen LogP contribution in [-0.2, 0) is 9.59 Å². The summed E-state index contributed by atoms with van der Waals surface area (Å²) in [7, 11) is 0. The molecule has 1 saturated heterocycles. The largest absolute Gasteiger partial charge is 0.305 e. The summed E-state index contributed by atoms with van der Waals surface area (Å²) in [6.07, 6.45) is 6.29. The van der Waals surface area contributed by atoms with Gasteiger partial charge in [-0.2, -0.15) is 5.01 Å². The Hall–Kier alpha value is -3.70. The van der Waals surface area contributed by atoms with Gasteiger partial charge in [0.1, 0.15) is 11.5 Å². The summed E-state index contributed by atoms with van der Waals surface area (Å²) in [4.78, 5) is 33.3. The number of nitrogens with zero attached hydrogens (tertiary/aromatic N) is 5. The lowest BCUT2D eigenvalue weighted by molar-refractivity contribution is -0.759. The Morgan fingerprint density at radius 3 is 2.70 bits per heavy atom. The topological polar surface area (TPSA) is 94.9 Å². The standard InChI is InChI=1S/C25H22ClFN6O3S/c26-19-10-7-11-20(27)18(19)14-21-24(35)33(17-8-3-1-4-9-17)25(28-21)37-16-22(34)29-23-15-32(30-36-23)31-12-5-2-6-13-31/h1,3-4,7-11,14-15H,2,5-6,12-13,16H2/p+1/b21-14-. The van der Waals surface area contributed by atoms with Crippen molar-refractivity contribution in [2.75, 3.05) is 34.1 Å². The van der Waals surface area contributed by atoms with Gasteiger partial charge in [0.25, 0.3) is 12.1 Å². The van der Waals surface area contributed by atoms with Crippen LogP contribution in [-0.4, -0.2) is 41.1 Å². The van der Waals surface area contributed by atoms with Gasteiger partial charge in [-0.15, -0.1) is 0 Å². The predicted octanol–water partition coefficient (Wildman–Crippen LogP) is 3.99. The number of amides is 2. The molecule has 1 aromatic heterocycles. The number of hydrogen-bond acceptors (Lipinski definition) is 7. The van der Waals surface area contributed by atoms with Crippen molar-refractivity contribution in [3.63, 3.8) is 0 Å². The Balaban J connectivity index is 1.32. The molecule has 0 saturated carbocycles. The van der Waals surface area contributed by atoms with Gasteiger partial charge in [-0.05, 0) is 49.6 Å². The van der Waals surface area contributed by atoms with Crippen LogP contribution < -0.4 is 20.0 Å². The molecule has 0 aliphatic carbocycles. The number of aromatic nitrogens is 2. The summed E-state index contributed by atoms with van der Waals surface area (Å²) < 4.78 is 19.6. The molecule has 9 nitrogen and oxygen atoms in total. The van der Waals surface area contributed by atoms with Gasteiger partial charge in [0.05, 0.1) is 34.3 Å². The highest BCUT2D eigenvalue weighted by Crippen LogP contribution is 2.31. The third-order valence-corrected chi connectivity index (χ3v) is 7.07. The molecule has 2 aromatic carbocycles. The van der Waals surface area contributed by atoms with E-state index in [0.717, 1.165) is 37.7 Å². The van der Waals surface area contributed by atoms with Crippen molar-refractivity contribution in [2.45, 2.75) is 19.3 Å². The van der Waals surface area contributed by atoms with Crippen molar-refractivity contribution in [1.82, 2.24) is 5.27 Å². The fraction of sp³-hybridized carbons (Fsp3) is 0.240. The number of halogens is 2. The highest BCUT2D eigenvalue weighted by Gasteiger charge is 2.33. The molecule has 3 heterocycles. The zero-order chi connectivity index (χ0) is 25.8. The van der Waals surface area contributed by atoms with E-state index in [1.807, 2.05) is 11.1 Å². The van der Waals surface area contributed by atoms with Crippen LogP contribution in [0, 0.1) is 5.82 Å². The number of piperidine rings is 1. The number of aliphatic imine (C=N–C) groups is 1. The van der Waals surface area contributed by atoms with Crippen LogP contribution in [0.3, 0.4) is 0 Å². The highest BCUT2D eigenvalue weighted by atomic mass is 35.5. The molecule has 0 bridgehead atoms. The number of anilines is 2. The van der Waals surface area contributed by atoms with Crippen LogP contribution in [0.1, 0.15) is 24.8 Å². The van der Waals surface area contributed by atoms with Crippen molar-refractivity contribution in [1.29, 1.82) is 0 Å². The lowest BCUT2D eigenvalue weighted by Gasteiger charge is -2.17. The van der Waals surface area contributed by atoms with Crippen LogP contribution in [0.5, 0.6) is 0 Å². The number of hydrogen-bond donors (Lipinski definition) is 1. The number of rotatable bonds is 6. The number of nitrogens with one attached hydrogen (secondary N) is 1. The maximum Gasteiger partial charge on any atom is 0.305 e. The molecule has 0 radical (unpaired) electrons. The number of thioether (sulfide) groups is 1. The van der Waals surface area contributed by atoms with Crippen molar-refractivity contribution >= 4 is 58.0 Å². The molecule has 37 heavy (non-hydrogen) atoms. The predicted molar refractivity (Wildman–Crippen MR) is 140 cm³/mol. The molecule has 190 valence electrons. The SMILES string of the molecule is O=C(CSC1=N/C(=C\c2c(F)cccc2Cl)C(=O)N1c1ccccc1)Nc1c[n+](N2CCCCC2)no1. The molecule has 12 heteroatoms. The zero-order valence-corrected chi connectivity index (χ0v) is 21.2. The third kappa shape index (κ3) is 5.67. The molecule has 2 amide bonds. The number of para-hydroxylation sites is 1. The van der Waals surface area contributed by atoms with Crippen LogP contribution in [0.15, 0.2) is 69.9 Å². The lowest BCUT2D eigenvalue weighted by Crippen LogP contribution is -2.60. The second-order valence-corrected chi connectivity index (χ2v) is 9.72. The van der Waals surface area contributed by atoms with E-state index in [-0.39, 0.29) is 39.0 Å². The fourth-order valence-electron chi connectivity index (χ4n) is 4.00. The van der Waals surface area contributed by atoms with Crippen molar-refractivity contribution in [2.24, 2.45) is 4.99 Å². The molecule has 2 aliphatic heterocycles. The average Bonchev–Trinajstić information content (AvgIpc) is 3.50. The molecule has 1 N–H and O–H groups in total. The normalized spacial score (nSPS) is 16.9. The highest BCUT2D eigenvalue weighted by molar-refractivity contribution is 8.14. The summed E-state index contributed by atoms with van der Waals surface area (Å²) in [5.41, 5.74) is 0.650. The van der Waals surface area contributed by atoms with Gasteiger partial charge in [0.2, 0.25) is 11.2 Å². The summed E-state index contributed by atoms with van der Waals surface area (Å²) >= 11 is 7.21. The van der Waals surface area contributed by atoms with Crippen molar-refractivity contribution in [3.8, 4) is 0 Å². The Kier molecular flexibility index (Phi) is 7.52. The molecular weight excluding hydrogens is 519 g/mol. The monoisotopic (exact) mass is 541 g/mol. The van der Waals surface area contributed by atoms with Crippen LogP contribution >= 0.6 is 23.4 Å². The molecule has 3 aromatic rings. The minimum absolute atomic E-state index is 0.0107. The van der Waals surface area contributed by atoms with Crippen LogP contribution in [0.4, 0.5) is 16.0 Å². The molecule has 0 unspecified atom stereocenters. The quantitative estimate of drug-likeness (QED) is 0.374. The minimum Gasteiger partial charge on any atom is -0.288 e. The third-order valence-electron chi connectivity index (χ3n) is 5.80. The van der Waals surface area contributed by atoms with Crippen molar-refractivity contribution < 1.29 is 23.3 Å². The molecule has 0 spiro atoms. The number of carbonyl (C=O) groups is 2. The Labute approximate surface area is 221 Å².